The maximum absolute atomic E-state index is 13.3. The van der Waals surface area contributed by atoms with E-state index in [2.05, 4.69) is 40.7 Å². The average Bonchev–Trinajstić information content (AvgIpc) is 3.40. The number of likely N-dealkylation sites (tertiary alicyclic amines) is 2. The zero-order valence-corrected chi connectivity index (χ0v) is 29.0. The maximum Gasteiger partial charge on any atom is 0.405 e. The zero-order chi connectivity index (χ0) is 37.5. The first-order chi connectivity index (χ1) is 24.6. The van der Waals surface area contributed by atoms with E-state index in [4.69, 9.17) is 17.3 Å². The minimum absolute atomic E-state index is 0.115. The summed E-state index contributed by atoms with van der Waals surface area (Å²) in [5.74, 6) is 2.44. The molecule has 0 atom stereocenters. The van der Waals surface area contributed by atoms with Crippen LogP contribution in [0.15, 0.2) is 61.1 Å². The van der Waals surface area contributed by atoms with Crippen LogP contribution < -0.4 is 16.4 Å². The third kappa shape index (κ3) is 7.33. The van der Waals surface area contributed by atoms with E-state index < -0.39 is 30.4 Å². The number of benzene rings is 2. The second-order valence-corrected chi connectivity index (χ2v) is 13.6. The molecule has 0 saturated carbocycles. The molecule has 0 aliphatic carbocycles. The molecule has 4 aromatic rings. The first kappa shape index (κ1) is 36.4. The van der Waals surface area contributed by atoms with Crippen LogP contribution in [0.2, 0.25) is 5.02 Å². The lowest BCUT2D eigenvalue weighted by Crippen LogP contribution is -2.59. The number of rotatable bonds is 6. The van der Waals surface area contributed by atoms with Crippen molar-refractivity contribution in [2.75, 3.05) is 50.8 Å². The summed E-state index contributed by atoms with van der Waals surface area (Å²) in [5, 5.41) is 4.56. The number of nitrogens with zero attached hydrogens (tertiary/aromatic N) is 4. The third-order valence-electron chi connectivity index (χ3n) is 9.48. The monoisotopic (exact) mass is 735 g/mol. The highest BCUT2D eigenvalue weighted by atomic mass is 35.5. The molecule has 2 aromatic heterocycles. The van der Waals surface area contributed by atoms with Gasteiger partial charge >= 0.3 is 6.18 Å². The Morgan fingerprint density at radius 1 is 1.06 bits per heavy atom. The molecular formula is C37H34ClF4N7O3. The Balaban J connectivity index is 1.42. The number of carbonyl (C=O) groups excluding carboxylic acids is 3. The fourth-order valence-electron chi connectivity index (χ4n) is 7.06. The summed E-state index contributed by atoms with van der Waals surface area (Å²) in [6.45, 7) is 4.77. The molecule has 52 heavy (non-hydrogen) atoms. The summed E-state index contributed by atoms with van der Waals surface area (Å²) in [5.41, 5.74) is 9.95. The molecule has 2 saturated heterocycles. The number of pyridine rings is 1. The molecular weight excluding hydrogens is 702 g/mol. The predicted octanol–water partition coefficient (Wildman–Crippen LogP) is 5.76. The molecule has 10 nitrogen and oxygen atoms in total. The first-order valence-corrected chi connectivity index (χ1v) is 16.6. The first-order valence-electron chi connectivity index (χ1n) is 16.2. The van der Waals surface area contributed by atoms with Crippen molar-refractivity contribution < 1.29 is 31.9 Å². The van der Waals surface area contributed by atoms with E-state index in [0.717, 1.165) is 25.9 Å². The van der Waals surface area contributed by atoms with Crippen LogP contribution in [0.1, 0.15) is 28.8 Å². The minimum Gasteiger partial charge on any atom is -0.383 e. The SMILES string of the molecule is C=C(F)C(=O)Nc1ccc(-c2c(-c3ccc(C(=O)NCC(F)(F)F)c(Cl)c3)c3c(N)ncc(C#CC(=O)N4CCC5(CC4)CN(C)C5)c3n2C)cc1. The van der Waals surface area contributed by atoms with E-state index in [9.17, 15) is 31.9 Å². The van der Waals surface area contributed by atoms with E-state index in [-0.39, 0.29) is 27.7 Å². The van der Waals surface area contributed by atoms with Gasteiger partial charge in [0, 0.05) is 56.6 Å². The number of nitrogens with one attached hydrogen (secondary N) is 2. The fraction of sp³-hybridized carbons (Fsp3) is 0.297. The molecule has 0 bridgehead atoms. The zero-order valence-electron chi connectivity index (χ0n) is 28.3. The molecule has 2 fully saturated rings. The van der Waals surface area contributed by atoms with E-state index in [1.54, 1.807) is 36.2 Å². The Kier molecular flexibility index (Phi) is 9.78. The standard InChI is InChI=1S/C37H34ClF4N7O3/c1-21(39)34(51)46-25-8-4-22(5-9-25)31-29(23-6-10-26(27(38)16-23)35(52)45-18-37(40,41)42)30-32(48(31)3)24(17-44-33(30)43)7-11-28(50)49-14-12-36(13-15-49)19-47(2)20-36/h4-6,8-10,16-17H,1,12-15,18-20H2,2-3H3,(H2,43,44)(H,45,52)(H,46,51). The molecule has 2 aliphatic rings. The lowest BCUT2D eigenvalue weighted by Gasteiger charge is -2.52. The smallest absolute Gasteiger partial charge is 0.383 e. The van der Waals surface area contributed by atoms with Gasteiger partial charge in [0.1, 0.15) is 12.4 Å². The molecule has 6 rings (SSSR count). The number of hydrogen-bond acceptors (Lipinski definition) is 6. The van der Waals surface area contributed by atoms with Crippen LogP contribution in [0, 0.1) is 17.3 Å². The summed E-state index contributed by atoms with van der Waals surface area (Å²) in [6, 6.07) is 10.7. The van der Waals surface area contributed by atoms with Crippen LogP contribution in [0.25, 0.3) is 33.3 Å². The van der Waals surface area contributed by atoms with E-state index in [1.165, 1.54) is 24.4 Å². The van der Waals surface area contributed by atoms with Crippen LogP contribution in [0.5, 0.6) is 0 Å². The largest absolute Gasteiger partial charge is 0.405 e. The topological polar surface area (TPSA) is 126 Å². The third-order valence-corrected chi connectivity index (χ3v) is 9.79. The Hall–Kier alpha value is -5.39. The van der Waals surface area contributed by atoms with Gasteiger partial charge in [-0.2, -0.15) is 13.2 Å². The van der Waals surface area contributed by atoms with Crippen LogP contribution >= 0.6 is 11.6 Å². The number of amides is 3. The lowest BCUT2D eigenvalue weighted by molar-refractivity contribution is -0.129. The van der Waals surface area contributed by atoms with Gasteiger partial charge in [0.25, 0.3) is 17.7 Å². The van der Waals surface area contributed by atoms with E-state index in [1.807, 2.05) is 9.88 Å². The summed E-state index contributed by atoms with van der Waals surface area (Å²) in [4.78, 5) is 46.1. The van der Waals surface area contributed by atoms with Crippen molar-refractivity contribution in [3.63, 3.8) is 0 Å². The molecule has 4 N–H and O–H groups in total. The molecule has 270 valence electrons. The Morgan fingerprint density at radius 2 is 1.71 bits per heavy atom. The number of piperidine rings is 1. The average molecular weight is 736 g/mol. The van der Waals surface area contributed by atoms with Crippen molar-refractivity contribution in [2.24, 2.45) is 12.5 Å². The van der Waals surface area contributed by atoms with Crippen molar-refractivity contribution in [1.29, 1.82) is 0 Å². The van der Waals surface area contributed by atoms with Crippen molar-refractivity contribution in [3.8, 4) is 34.2 Å². The van der Waals surface area contributed by atoms with Gasteiger partial charge < -0.3 is 30.7 Å². The summed E-state index contributed by atoms with van der Waals surface area (Å²) < 4.78 is 53.5. The highest BCUT2D eigenvalue weighted by Crippen LogP contribution is 2.44. The van der Waals surface area contributed by atoms with Crippen LogP contribution in [0.3, 0.4) is 0 Å². The van der Waals surface area contributed by atoms with Gasteiger partial charge in [-0.05, 0) is 60.7 Å². The molecule has 2 aliphatic heterocycles. The van der Waals surface area contributed by atoms with Gasteiger partial charge in [-0.3, -0.25) is 14.4 Å². The van der Waals surface area contributed by atoms with Crippen LogP contribution in [-0.4, -0.2) is 83.0 Å². The second kappa shape index (κ2) is 14.0. The molecule has 0 radical (unpaired) electrons. The summed E-state index contributed by atoms with van der Waals surface area (Å²) in [7, 11) is 3.85. The van der Waals surface area contributed by atoms with Crippen molar-refractivity contribution in [2.45, 2.75) is 19.0 Å². The van der Waals surface area contributed by atoms with Gasteiger partial charge in [-0.15, -0.1) is 0 Å². The van der Waals surface area contributed by atoms with E-state index in [0.29, 0.717) is 57.6 Å². The normalized spacial score (nSPS) is 15.5. The number of alkyl halides is 3. The molecule has 1 spiro atoms. The number of anilines is 2. The highest BCUT2D eigenvalue weighted by Gasteiger charge is 2.43. The van der Waals surface area contributed by atoms with Gasteiger partial charge in [0.15, 0.2) is 5.83 Å². The van der Waals surface area contributed by atoms with Crippen molar-refractivity contribution >= 4 is 51.7 Å². The maximum atomic E-state index is 13.3. The summed E-state index contributed by atoms with van der Waals surface area (Å²) >= 11 is 6.50. The van der Waals surface area contributed by atoms with Gasteiger partial charge in [-0.1, -0.05) is 42.3 Å². The highest BCUT2D eigenvalue weighted by molar-refractivity contribution is 6.34. The molecule has 4 heterocycles. The van der Waals surface area contributed by atoms with Crippen LogP contribution in [-0.2, 0) is 16.6 Å². The number of aromatic nitrogens is 2. The minimum atomic E-state index is -4.61. The summed E-state index contributed by atoms with van der Waals surface area (Å²) in [6.07, 6.45) is -1.30. The Labute approximate surface area is 301 Å². The van der Waals surface area contributed by atoms with Crippen molar-refractivity contribution in [3.05, 3.63) is 77.2 Å². The van der Waals surface area contributed by atoms with Gasteiger partial charge in [0.2, 0.25) is 0 Å². The predicted molar refractivity (Wildman–Crippen MR) is 191 cm³/mol. The number of carbonyl (C=O) groups is 3. The number of fused-ring (bicyclic) bond motifs is 1. The molecule has 0 unspecified atom stereocenters. The Morgan fingerprint density at radius 3 is 2.31 bits per heavy atom. The van der Waals surface area contributed by atoms with Gasteiger partial charge in [-0.25, -0.2) is 9.37 Å². The quantitative estimate of drug-likeness (QED) is 0.131. The Bertz CT molecular complexity index is 2170. The number of nitrogens with two attached hydrogens (primary N) is 1. The lowest BCUT2D eigenvalue weighted by atomic mass is 9.72. The molecule has 2 aromatic carbocycles. The van der Waals surface area contributed by atoms with Crippen molar-refractivity contribution in [1.82, 2.24) is 24.7 Å². The number of aryl methyl sites for hydroxylation is 1. The number of hydrogen-bond donors (Lipinski definition) is 3. The van der Waals surface area contributed by atoms with Crippen LogP contribution in [0.4, 0.5) is 29.1 Å². The second-order valence-electron chi connectivity index (χ2n) is 13.2. The number of nitrogen functional groups attached to an aromatic ring is 1. The molecule has 3 amide bonds. The van der Waals surface area contributed by atoms with E-state index >= 15 is 0 Å². The fourth-order valence-corrected chi connectivity index (χ4v) is 7.33. The molecule has 15 heteroatoms. The van der Waals surface area contributed by atoms with Gasteiger partial charge in [0.05, 0.1) is 32.7 Å². The number of halogens is 5.